The second kappa shape index (κ2) is 8.08. The number of benzene rings is 2. The van der Waals surface area contributed by atoms with Crippen LogP contribution in [0.1, 0.15) is 11.3 Å². The highest BCUT2D eigenvalue weighted by Crippen LogP contribution is 2.43. The standard InChI is InChI=1S/C21H18F3NO4S/c1-29-18-11-17(14-7-9-16(10-8-14)30(2,27)28)19(20(25-18)21(22,23)24)15-5-3-13(12-26)4-6-15/h3-11,26H,12H2,1-2H3. The van der Waals surface area contributed by atoms with Gasteiger partial charge in [0.05, 0.1) is 18.6 Å². The number of pyridine rings is 1. The van der Waals surface area contributed by atoms with Gasteiger partial charge >= 0.3 is 6.18 Å². The molecule has 1 aromatic heterocycles. The van der Waals surface area contributed by atoms with Gasteiger partial charge in [0.2, 0.25) is 5.88 Å². The van der Waals surface area contributed by atoms with Crippen LogP contribution in [0.15, 0.2) is 59.5 Å². The molecule has 30 heavy (non-hydrogen) atoms. The molecule has 5 nitrogen and oxygen atoms in total. The van der Waals surface area contributed by atoms with Crippen molar-refractivity contribution in [3.8, 4) is 28.1 Å². The molecule has 0 aliphatic rings. The van der Waals surface area contributed by atoms with Crippen LogP contribution in [-0.2, 0) is 22.6 Å². The minimum Gasteiger partial charge on any atom is -0.481 e. The lowest BCUT2D eigenvalue weighted by Crippen LogP contribution is -2.12. The fourth-order valence-corrected chi connectivity index (χ4v) is 3.64. The summed E-state index contributed by atoms with van der Waals surface area (Å²) in [5, 5.41) is 9.22. The maximum atomic E-state index is 13.9. The molecule has 0 radical (unpaired) electrons. The summed E-state index contributed by atoms with van der Waals surface area (Å²) in [4.78, 5) is 3.68. The van der Waals surface area contributed by atoms with Crippen molar-refractivity contribution in [3.05, 3.63) is 65.9 Å². The number of sulfone groups is 1. The molecule has 1 N–H and O–H groups in total. The Morgan fingerprint density at radius 1 is 1.00 bits per heavy atom. The van der Waals surface area contributed by atoms with E-state index in [1.165, 1.54) is 61.7 Å². The SMILES string of the molecule is COc1cc(-c2ccc(S(C)(=O)=O)cc2)c(-c2ccc(CO)cc2)c(C(F)(F)F)n1. The molecule has 3 rings (SSSR count). The highest BCUT2D eigenvalue weighted by atomic mass is 32.2. The zero-order valence-corrected chi connectivity index (χ0v) is 16.9. The molecular formula is C21H18F3NO4S. The van der Waals surface area contributed by atoms with Crippen LogP contribution in [0.25, 0.3) is 22.3 Å². The molecule has 0 atom stereocenters. The summed E-state index contributed by atoms with van der Waals surface area (Å²) in [6, 6.07) is 12.9. The minimum atomic E-state index is -4.76. The number of hydrogen-bond acceptors (Lipinski definition) is 5. The molecular weight excluding hydrogens is 419 g/mol. The third-order valence-electron chi connectivity index (χ3n) is 4.49. The van der Waals surface area contributed by atoms with Crippen molar-refractivity contribution in [3.63, 3.8) is 0 Å². The van der Waals surface area contributed by atoms with Gasteiger partial charge in [-0.2, -0.15) is 13.2 Å². The molecule has 0 saturated carbocycles. The van der Waals surface area contributed by atoms with Gasteiger partial charge < -0.3 is 9.84 Å². The summed E-state index contributed by atoms with van der Waals surface area (Å²) in [6.07, 6.45) is -3.71. The van der Waals surface area contributed by atoms with Gasteiger partial charge in [0.1, 0.15) is 0 Å². The quantitative estimate of drug-likeness (QED) is 0.643. The number of aliphatic hydroxyl groups excluding tert-OH is 1. The first kappa shape index (κ1) is 21.8. The first-order chi connectivity index (χ1) is 14.0. The Kier molecular flexibility index (Phi) is 5.87. The Bertz CT molecular complexity index is 1160. The van der Waals surface area contributed by atoms with Crippen LogP contribution in [0.4, 0.5) is 13.2 Å². The lowest BCUT2D eigenvalue weighted by atomic mass is 9.92. The third-order valence-corrected chi connectivity index (χ3v) is 5.62. The molecule has 2 aromatic carbocycles. The van der Waals surface area contributed by atoms with E-state index >= 15 is 0 Å². The molecule has 0 unspecified atom stereocenters. The molecule has 9 heteroatoms. The van der Waals surface area contributed by atoms with Gasteiger partial charge in [-0.3, -0.25) is 0 Å². The summed E-state index contributed by atoms with van der Waals surface area (Å²) in [5.41, 5.74) is 0.0613. The van der Waals surface area contributed by atoms with Crippen molar-refractivity contribution in [1.82, 2.24) is 4.98 Å². The Labute approximate surface area is 171 Å². The smallest absolute Gasteiger partial charge is 0.434 e. The summed E-state index contributed by atoms with van der Waals surface area (Å²) >= 11 is 0. The first-order valence-electron chi connectivity index (χ1n) is 8.71. The Hall–Kier alpha value is -2.91. The van der Waals surface area contributed by atoms with Crippen molar-refractivity contribution in [2.24, 2.45) is 0 Å². The monoisotopic (exact) mass is 437 g/mol. The topological polar surface area (TPSA) is 76.5 Å². The second-order valence-electron chi connectivity index (χ2n) is 6.59. The third kappa shape index (κ3) is 4.47. The van der Waals surface area contributed by atoms with Gasteiger partial charge in [0, 0.05) is 17.9 Å². The van der Waals surface area contributed by atoms with Crippen molar-refractivity contribution in [2.45, 2.75) is 17.7 Å². The van der Waals surface area contributed by atoms with Crippen LogP contribution in [0, 0.1) is 0 Å². The zero-order chi connectivity index (χ0) is 22.1. The van der Waals surface area contributed by atoms with E-state index in [-0.39, 0.29) is 34.1 Å². The number of nitrogens with zero attached hydrogens (tertiary/aromatic N) is 1. The lowest BCUT2D eigenvalue weighted by Gasteiger charge is -2.18. The van der Waals surface area contributed by atoms with E-state index in [4.69, 9.17) is 4.74 Å². The Balaban J connectivity index is 2.32. The van der Waals surface area contributed by atoms with Crippen molar-refractivity contribution < 1.29 is 31.4 Å². The zero-order valence-electron chi connectivity index (χ0n) is 16.1. The molecule has 0 aliphatic carbocycles. The van der Waals surface area contributed by atoms with E-state index < -0.39 is 21.7 Å². The number of ether oxygens (including phenoxy) is 1. The number of halogens is 3. The van der Waals surface area contributed by atoms with E-state index in [9.17, 15) is 26.7 Å². The van der Waals surface area contributed by atoms with Crippen molar-refractivity contribution in [2.75, 3.05) is 13.4 Å². The number of methoxy groups -OCH3 is 1. The maximum absolute atomic E-state index is 13.9. The van der Waals surface area contributed by atoms with Crippen LogP contribution in [-0.4, -0.2) is 31.9 Å². The average molecular weight is 437 g/mol. The lowest BCUT2D eigenvalue weighted by molar-refractivity contribution is -0.140. The molecule has 0 fully saturated rings. The molecule has 3 aromatic rings. The molecule has 0 aliphatic heterocycles. The van der Waals surface area contributed by atoms with E-state index in [0.29, 0.717) is 11.1 Å². The number of alkyl halides is 3. The predicted molar refractivity (Wildman–Crippen MR) is 106 cm³/mol. The number of rotatable bonds is 5. The van der Waals surface area contributed by atoms with Gasteiger partial charge in [-0.1, -0.05) is 36.4 Å². The van der Waals surface area contributed by atoms with Gasteiger partial charge in [-0.15, -0.1) is 0 Å². The summed E-state index contributed by atoms with van der Waals surface area (Å²) in [7, 11) is -2.24. The van der Waals surface area contributed by atoms with E-state index in [1.807, 2.05) is 0 Å². The highest BCUT2D eigenvalue weighted by molar-refractivity contribution is 7.90. The Morgan fingerprint density at radius 2 is 1.57 bits per heavy atom. The number of aliphatic hydroxyl groups is 1. The predicted octanol–water partition coefficient (Wildman–Crippen LogP) is 4.34. The number of aromatic nitrogens is 1. The first-order valence-corrected chi connectivity index (χ1v) is 10.6. The van der Waals surface area contributed by atoms with Crippen molar-refractivity contribution >= 4 is 9.84 Å². The number of hydrogen-bond donors (Lipinski definition) is 1. The van der Waals surface area contributed by atoms with E-state index in [1.54, 1.807) is 0 Å². The van der Waals surface area contributed by atoms with E-state index in [2.05, 4.69) is 4.98 Å². The molecule has 1 heterocycles. The molecule has 0 spiro atoms. The fraction of sp³-hybridized carbons (Fsp3) is 0.190. The largest absolute Gasteiger partial charge is 0.481 e. The normalized spacial score (nSPS) is 12.1. The van der Waals surface area contributed by atoms with Crippen LogP contribution in [0.2, 0.25) is 0 Å². The van der Waals surface area contributed by atoms with Crippen LogP contribution < -0.4 is 4.74 Å². The van der Waals surface area contributed by atoms with E-state index in [0.717, 1.165) is 6.26 Å². The average Bonchev–Trinajstić information content (AvgIpc) is 2.71. The summed E-state index contributed by atoms with van der Waals surface area (Å²) < 4.78 is 70.0. The minimum absolute atomic E-state index is 0.0529. The van der Waals surface area contributed by atoms with Crippen LogP contribution in [0.3, 0.4) is 0 Å². The maximum Gasteiger partial charge on any atom is 0.434 e. The van der Waals surface area contributed by atoms with Crippen LogP contribution >= 0.6 is 0 Å². The van der Waals surface area contributed by atoms with Gasteiger partial charge in [-0.25, -0.2) is 13.4 Å². The Morgan fingerprint density at radius 3 is 2.03 bits per heavy atom. The van der Waals surface area contributed by atoms with Crippen LogP contribution in [0.5, 0.6) is 5.88 Å². The fourth-order valence-electron chi connectivity index (χ4n) is 3.01. The van der Waals surface area contributed by atoms with Gasteiger partial charge in [0.15, 0.2) is 15.5 Å². The summed E-state index contributed by atoms with van der Waals surface area (Å²) in [5.74, 6) is -0.222. The molecule has 0 amide bonds. The molecule has 0 saturated heterocycles. The van der Waals surface area contributed by atoms with Gasteiger partial charge in [0.25, 0.3) is 0 Å². The highest BCUT2D eigenvalue weighted by Gasteiger charge is 2.38. The summed E-state index contributed by atoms with van der Waals surface area (Å²) in [6.45, 7) is -0.243. The van der Waals surface area contributed by atoms with Crippen molar-refractivity contribution in [1.29, 1.82) is 0 Å². The molecule has 0 bridgehead atoms. The second-order valence-corrected chi connectivity index (χ2v) is 8.60. The van der Waals surface area contributed by atoms with Gasteiger partial charge in [-0.05, 0) is 34.4 Å². The molecule has 158 valence electrons.